The van der Waals surface area contributed by atoms with Gasteiger partial charge in [-0.15, -0.1) is 11.3 Å². The highest BCUT2D eigenvalue weighted by molar-refractivity contribution is 7.14. The van der Waals surface area contributed by atoms with Crippen LogP contribution in [0.25, 0.3) is 0 Å². The normalized spacial score (nSPS) is 14.4. The summed E-state index contributed by atoms with van der Waals surface area (Å²) in [5.74, 6) is -0.298. The zero-order valence-electron chi connectivity index (χ0n) is 10.0. The second-order valence-electron chi connectivity index (χ2n) is 4.54. The zero-order valence-corrected chi connectivity index (χ0v) is 10.8. The summed E-state index contributed by atoms with van der Waals surface area (Å²) >= 11 is 1.40. The average Bonchev–Trinajstić information content (AvgIpc) is 3.14. The van der Waals surface area contributed by atoms with Crippen LogP contribution in [0.1, 0.15) is 34.8 Å². The fourth-order valence-electron chi connectivity index (χ4n) is 1.76. The Hall–Kier alpha value is -1.95. The molecule has 1 aliphatic rings. The van der Waals surface area contributed by atoms with Gasteiger partial charge in [0.05, 0.1) is 11.4 Å². The number of aromatic nitrogens is 1. The number of halogens is 1. The van der Waals surface area contributed by atoms with Gasteiger partial charge in [-0.1, -0.05) is 0 Å². The van der Waals surface area contributed by atoms with Crippen LogP contribution in [-0.4, -0.2) is 10.9 Å². The highest BCUT2D eigenvalue weighted by Gasteiger charge is 2.26. The van der Waals surface area contributed by atoms with Crippen molar-refractivity contribution in [3.63, 3.8) is 0 Å². The van der Waals surface area contributed by atoms with Crippen molar-refractivity contribution in [2.45, 2.75) is 18.8 Å². The Morgan fingerprint density at radius 2 is 2.26 bits per heavy atom. The van der Waals surface area contributed by atoms with Crippen LogP contribution in [0.4, 0.5) is 15.2 Å². The molecule has 4 nitrogen and oxygen atoms in total. The molecule has 1 aromatic carbocycles. The number of benzene rings is 1. The predicted molar refractivity (Wildman–Crippen MR) is 72.9 cm³/mol. The molecule has 0 spiro atoms. The molecule has 1 fully saturated rings. The van der Waals surface area contributed by atoms with Gasteiger partial charge in [0, 0.05) is 16.9 Å². The number of nitrogens with zero attached hydrogens (tertiary/aromatic N) is 1. The molecule has 0 aliphatic heterocycles. The Balaban J connectivity index is 1.74. The molecule has 0 saturated heterocycles. The van der Waals surface area contributed by atoms with Crippen molar-refractivity contribution < 1.29 is 9.18 Å². The highest BCUT2D eigenvalue weighted by Crippen LogP contribution is 2.40. The van der Waals surface area contributed by atoms with Crippen LogP contribution >= 0.6 is 11.3 Å². The van der Waals surface area contributed by atoms with Crippen molar-refractivity contribution in [1.82, 2.24) is 4.98 Å². The van der Waals surface area contributed by atoms with Crippen molar-refractivity contribution in [2.75, 3.05) is 11.1 Å². The first-order chi connectivity index (χ1) is 9.13. The Labute approximate surface area is 113 Å². The first-order valence-electron chi connectivity index (χ1n) is 5.95. The van der Waals surface area contributed by atoms with Gasteiger partial charge < -0.3 is 5.73 Å². The van der Waals surface area contributed by atoms with Crippen molar-refractivity contribution in [3.8, 4) is 0 Å². The third kappa shape index (κ3) is 2.58. The van der Waals surface area contributed by atoms with E-state index in [1.165, 1.54) is 42.4 Å². The number of rotatable bonds is 3. The van der Waals surface area contributed by atoms with Gasteiger partial charge in [-0.25, -0.2) is 9.37 Å². The summed E-state index contributed by atoms with van der Waals surface area (Å²) in [6.45, 7) is 0. The molecule has 3 N–H and O–H groups in total. The highest BCUT2D eigenvalue weighted by atomic mass is 32.1. The van der Waals surface area contributed by atoms with Gasteiger partial charge in [0.15, 0.2) is 5.13 Å². The zero-order chi connectivity index (χ0) is 13.4. The number of nitrogen functional groups attached to an aromatic ring is 1. The Kier molecular flexibility index (Phi) is 2.94. The smallest absolute Gasteiger partial charge is 0.257 e. The van der Waals surface area contributed by atoms with E-state index in [9.17, 15) is 9.18 Å². The van der Waals surface area contributed by atoms with Gasteiger partial charge in [0.25, 0.3) is 5.91 Å². The number of nitrogens with one attached hydrogen (secondary N) is 1. The predicted octanol–water partition coefficient (Wildman–Crippen LogP) is 2.99. The van der Waals surface area contributed by atoms with E-state index in [1.807, 2.05) is 5.38 Å². The van der Waals surface area contributed by atoms with Gasteiger partial charge in [0.1, 0.15) is 5.82 Å². The third-order valence-corrected chi connectivity index (χ3v) is 3.77. The molecule has 3 rings (SSSR count). The molecular weight excluding hydrogens is 265 g/mol. The first-order valence-corrected chi connectivity index (χ1v) is 6.83. The summed E-state index contributed by atoms with van der Waals surface area (Å²) in [6, 6.07) is 3.90. The van der Waals surface area contributed by atoms with E-state index in [0.29, 0.717) is 16.6 Å². The van der Waals surface area contributed by atoms with Crippen molar-refractivity contribution in [2.24, 2.45) is 0 Å². The molecular formula is C13H12FN3OS. The van der Waals surface area contributed by atoms with E-state index in [4.69, 9.17) is 5.73 Å². The number of nitrogens with two attached hydrogens (primary N) is 1. The number of anilines is 2. The molecule has 0 unspecified atom stereocenters. The Morgan fingerprint density at radius 1 is 1.47 bits per heavy atom. The van der Waals surface area contributed by atoms with Crippen LogP contribution in [-0.2, 0) is 0 Å². The average molecular weight is 277 g/mol. The number of hydrogen-bond donors (Lipinski definition) is 2. The lowest BCUT2D eigenvalue weighted by molar-refractivity contribution is 0.102. The molecule has 1 amide bonds. The maximum absolute atomic E-state index is 13.0. The minimum atomic E-state index is -0.526. The van der Waals surface area contributed by atoms with E-state index in [2.05, 4.69) is 10.3 Å². The summed E-state index contributed by atoms with van der Waals surface area (Å²) in [6.07, 6.45) is 2.34. The summed E-state index contributed by atoms with van der Waals surface area (Å²) in [5.41, 5.74) is 6.76. The van der Waals surface area contributed by atoms with E-state index in [0.717, 1.165) is 5.69 Å². The summed E-state index contributed by atoms with van der Waals surface area (Å²) in [7, 11) is 0. The van der Waals surface area contributed by atoms with Crippen molar-refractivity contribution in [1.29, 1.82) is 0 Å². The molecule has 0 radical (unpaired) electrons. The Bertz CT molecular complexity index is 637. The van der Waals surface area contributed by atoms with Crippen LogP contribution in [0.2, 0.25) is 0 Å². The fraction of sp³-hybridized carbons (Fsp3) is 0.231. The topological polar surface area (TPSA) is 68.0 Å². The van der Waals surface area contributed by atoms with Gasteiger partial charge in [-0.2, -0.15) is 0 Å². The minimum Gasteiger partial charge on any atom is -0.396 e. The Morgan fingerprint density at radius 3 is 2.95 bits per heavy atom. The lowest BCUT2D eigenvalue weighted by Gasteiger charge is -2.03. The van der Waals surface area contributed by atoms with Crippen LogP contribution < -0.4 is 11.1 Å². The molecule has 6 heteroatoms. The number of thiazole rings is 1. The van der Waals surface area contributed by atoms with Crippen LogP contribution in [0.15, 0.2) is 23.6 Å². The molecule has 1 aliphatic carbocycles. The third-order valence-electron chi connectivity index (χ3n) is 3.00. The quantitative estimate of drug-likeness (QED) is 0.847. The first kappa shape index (κ1) is 12.1. The molecule has 0 atom stereocenters. The van der Waals surface area contributed by atoms with Gasteiger partial charge in [-0.05, 0) is 31.0 Å². The van der Waals surface area contributed by atoms with E-state index in [1.54, 1.807) is 0 Å². The van der Waals surface area contributed by atoms with E-state index >= 15 is 0 Å². The van der Waals surface area contributed by atoms with Crippen molar-refractivity contribution in [3.05, 3.63) is 40.7 Å². The molecule has 19 heavy (non-hydrogen) atoms. The number of amides is 1. The van der Waals surface area contributed by atoms with Gasteiger partial charge in [0.2, 0.25) is 0 Å². The molecule has 1 saturated carbocycles. The standard InChI is InChI=1S/C13H12FN3OS/c14-9-4-3-8(5-10(9)15)12(18)17-13-16-11(6-19-13)7-1-2-7/h3-7H,1-2,15H2,(H,16,17,18). The SMILES string of the molecule is Nc1cc(C(=O)Nc2nc(C3CC3)cs2)ccc1F. The fourth-order valence-corrected chi connectivity index (χ4v) is 2.55. The summed E-state index contributed by atoms with van der Waals surface area (Å²) in [4.78, 5) is 16.3. The van der Waals surface area contributed by atoms with Gasteiger partial charge >= 0.3 is 0 Å². The molecule has 1 aromatic heterocycles. The van der Waals surface area contributed by atoms with Crippen molar-refractivity contribution >= 4 is 28.1 Å². The van der Waals surface area contributed by atoms with Crippen LogP contribution in [0.5, 0.6) is 0 Å². The molecule has 98 valence electrons. The molecule has 0 bridgehead atoms. The monoisotopic (exact) mass is 277 g/mol. The molecule has 2 aromatic rings. The van der Waals surface area contributed by atoms with Crippen LogP contribution in [0.3, 0.4) is 0 Å². The lowest BCUT2D eigenvalue weighted by Crippen LogP contribution is -2.12. The minimum absolute atomic E-state index is 0.0366. The lowest BCUT2D eigenvalue weighted by atomic mass is 10.2. The maximum atomic E-state index is 13.0. The van der Waals surface area contributed by atoms with Gasteiger partial charge in [-0.3, -0.25) is 10.1 Å². The number of hydrogen-bond acceptors (Lipinski definition) is 4. The second kappa shape index (κ2) is 4.62. The second-order valence-corrected chi connectivity index (χ2v) is 5.40. The van der Waals surface area contributed by atoms with Crippen LogP contribution in [0, 0.1) is 5.82 Å². The molecule has 1 heterocycles. The largest absolute Gasteiger partial charge is 0.396 e. The number of carbonyl (C=O) groups is 1. The number of carbonyl (C=O) groups excluding carboxylic acids is 1. The summed E-state index contributed by atoms with van der Waals surface area (Å²) in [5, 5.41) is 5.23. The summed E-state index contributed by atoms with van der Waals surface area (Å²) < 4.78 is 13.0. The maximum Gasteiger partial charge on any atom is 0.257 e. The van der Waals surface area contributed by atoms with E-state index in [-0.39, 0.29) is 11.6 Å². The van der Waals surface area contributed by atoms with E-state index < -0.39 is 5.82 Å².